The molecular weight excluding hydrogens is 320 g/mol. The number of carbonyl (C=O) groups is 1. The molecule has 1 atom stereocenters. The van der Waals surface area contributed by atoms with E-state index in [2.05, 4.69) is 26.1 Å². The van der Waals surface area contributed by atoms with Gasteiger partial charge in [-0.2, -0.15) is 0 Å². The highest BCUT2D eigenvalue weighted by Gasteiger charge is 2.45. The smallest absolute Gasteiger partial charge is 0.330 e. The summed E-state index contributed by atoms with van der Waals surface area (Å²) >= 11 is 3.44. The lowest BCUT2D eigenvalue weighted by molar-refractivity contribution is -0.157. The number of halogens is 1. The summed E-state index contributed by atoms with van der Waals surface area (Å²) in [4.78, 5) is 14.8. The van der Waals surface area contributed by atoms with Crippen LogP contribution in [0, 0.1) is 0 Å². The van der Waals surface area contributed by atoms with Crippen molar-refractivity contribution < 1.29 is 9.53 Å². The zero-order chi connectivity index (χ0) is 14.6. The number of esters is 1. The molecule has 0 radical (unpaired) electrons. The Labute approximate surface area is 128 Å². The molecule has 20 heavy (non-hydrogen) atoms. The van der Waals surface area contributed by atoms with Gasteiger partial charge in [0.15, 0.2) is 0 Å². The van der Waals surface area contributed by atoms with Crippen LogP contribution in [0.1, 0.15) is 18.9 Å². The van der Waals surface area contributed by atoms with Gasteiger partial charge < -0.3 is 10.1 Å². The summed E-state index contributed by atoms with van der Waals surface area (Å²) in [6.45, 7) is 5.53. The monoisotopic (exact) mass is 340 g/mol. The molecule has 1 aliphatic heterocycles. The summed E-state index contributed by atoms with van der Waals surface area (Å²) < 4.78 is 6.14. The van der Waals surface area contributed by atoms with Gasteiger partial charge in [0.2, 0.25) is 0 Å². The molecule has 0 saturated carbocycles. The number of ether oxygens (including phenoxy) is 1. The lowest BCUT2D eigenvalue weighted by Crippen LogP contribution is -2.58. The van der Waals surface area contributed by atoms with Gasteiger partial charge >= 0.3 is 5.97 Å². The number of hydrogen-bond acceptors (Lipinski definition) is 4. The summed E-state index contributed by atoms with van der Waals surface area (Å²) in [7, 11) is 1.47. The molecule has 110 valence electrons. The SMILES string of the molecule is CCC(C(=O)OC)(c1ccc(Br)cc1)N1CCNCC1. The van der Waals surface area contributed by atoms with Gasteiger partial charge in [0.1, 0.15) is 5.54 Å². The van der Waals surface area contributed by atoms with Crippen molar-refractivity contribution in [2.24, 2.45) is 0 Å². The van der Waals surface area contributed by atoms with E-state index in [1.165, 1.54) is 7.11 Å². The van der Waals surface area contributed by atoms with Crippen LogP contribution in [0.3, 0.4) is 0 Å². The second-order valence-corrected chi connectivity index (χ2v) is 5.87. The molecule has 2 rings (SSSR count). The summed E-state index contributed by atoms with van der Waals surface area (Å²) in [5, 5.41) is 3.33. The van der Waals surface area contributed by atoms with Gasteiger partial charge in [-0.05, 0) is 24.1 Å². The normalized spacial score (nSPS) is 19.4. The fourth-order valence-corrected chi connectivity index (χ4v) is 3.21. The number of nitrogens with zero attached hydrogens (tertiary/aromatic N) is 1. The molecule has 0 spiro atoms. The third-order valence-electron chi connectivity index (χ3n) is 4.01. The third kappa shape index (κ3) is 2.75. The number of carbonyl (C=O) groups excluding carboxylic acids is 1. The molecule has 4 nitrogen and oxygen atoms in total. The molecule has 0 aliphatic carbocycles. The molecule has 5 heteroatoms. The summed E-state index contributed by atoms with van der Waals surface area (Å²) in [5.74, 6) is -0.177. The number of piperazine rings is 1. The van der Waals surface area contributed by atoms with Crippen LogP contribution in [0.15, 0.2) is 28.7 Å². The largest absolute Gasteiger partial charge is 0.467 e. The molecule has 1 saturated heterocycles. The van der Waals surface area contributed by atoms with Crippen molar-refractivity contribution in [2.45, 2.75) is 18.9 Å². The van der Waals surface area contributed by atoms with Gasteiger partial charge in [0.25, 0.3) is 0 Å². The van der Waals surface area contributed by atoms with E-state index in [-0.39, 0.29) is 5.97 Å². The van der Waals surface area contributed by atoms with E-state index in [4.69, 9.17) is 4.74 Å². The third-order valence-corrected chi connectivity index (χ3v) is 4.54. The Kier molecular flexibility index (Phi) is 5.18. The fourth-order valence-electron chi connectivity index (χ4n) is 2.94. The first kappa shape index (κ1) is 15.5. The summed E-state index contributed by atoms with van der Waals surface area (Å²) in [5.41, 5.74) is 0.314. The molecule has 1 unspecified atom stereocenters. The first-order valence-corrected chi connectivity index (χ1v) is 7.74. The van der Waals surface area contributed by atoms with Crippen LogP contribution in [0.2, 0.25) is 0 Å². The van der Waals surface area contributed by atoms with Crippen molar-refractivity contribution in [2.75, 3.05) is 33.3 Å². The Morgan fingerprint density at radius 3 is 2.45 bits per heavy atom. The molecular formula is C15H21BrN2O2. The number of methoxy groups -OCH3 is 1. The van der Waals surface area contributed by atoms with Gasteiger partial charge in [0, 0.05) is 30.7 Å². The first-order valence-electron chi connectivity index (χ1n) is 6.95. The number of benzene rings is 1. The van der Waals surface area contributed by atoms with Crippen LogP contribution in [-0.4, -0.2) is 44.2 Å². The van der Waals surface area contributed by atoms with Crippen molar-refractivity contribution in [1.82, 2.24) is 10.2 Å². The average molecular weight is 341 g/mol. The molecule has 0 amide bonds. The van der Waals surface area contributed by atoms with Crippen LogP contribution >= 0.6 is 15.9 Å². The Bertz CT molecular complexity index is 457. The second kappa shape index (κ2) is 6.70. The van der Waals surface area contributed by atoms with Crippen molar-refractivity contribution in [1.29, 1.82) is 0 Å². The van der Waals surface area contributed by atoms with Crippen molar-refractivity contribution in [3.8, 4) is 0 Å². The van der Waals surface area contributed by atoms with Crippen molar-refractivity contribution >= 4 is 21.9 Å². The maximum Gasteiger partial charge on any atom is 0.330 e. The van der Waals surface area contributed by atoms with Crippen LogP contribution in [0.25, 0.3) is 0 Å². The topological polar surface area (TPSA) is 41.6 Å². The number of rotatable bonds is 4. The van der Waals surface area contributed by atoms with E-state index in [1.54, 1.807) is 0 Å². The van der Waals surface area contributed by atoms with E-state index < -0.39 is 5.54 Å². The van der Waals surface area contributed by atoms with Gasteiger partial charge in [0.05, 0.1) is 7.11 Å². The minimum Gasteiger partial charge on any atom is -0.467 e. The zero-order valence-electron chi connectivity index (χ0n) is 12.0. The van der Waals surface area contributed by atoms with E-state index in [9.17, 15) is 4.79 Å². The highest BCUT2D eigenvalue weighted by atomic mass is 79.9. The van der Waals surface area contributed by atoms with Gasteiger partial charge in [-0.3, -0.25) is 4.90 Å². The lowest BCUT2D eigenvalue weighted by atomic mass is 9.84. The Balaban J connectivity index is 2.46. The Morgan fingerprint density at radius 2 is 1.95 bits per heavy atom. The quantitative estimate of drug-likeness (QED) is 0.852. The highest BCUT2D eigenvalue weighted by molar-refractivity contribution is 9.10. The minimum atomic E-state index is -0.683. The van der Waals surface area contributed by atoms with Crippen LogP contribution in [0.4, 0.5) is 0 Å². The van der Waals surface area contributed by atoms with Gasteiger partial charge in [-0.1, -0.05) is 35.0 Å². The zero-order valence-corrected chi connectivity index (χ0v) is 13.6. The molecule has 1 N–H and O–H groups in total. The first-order chi connectivity index (χ1) is 9.65. The molecule has 1 aromatic carbocycles. The van der Waals surface area contributed by atoms with E-state index in [1.807, 2.05) is 31.2 Å². The summed E-state index contributed by atoms with van der Waals surface area (Å²) in [6, 6.07) is 7.97. The fraction of sp³-hybridized carbons (Fsp3) is 0.533. The number of hydrogen-bond donors (Lipinski definition) is 1. The predicted octanol–water partition coefficient (Wildman–Crippen LogP) is 2.13. The van der Waals surface area contributed by atoms with Crippen molar-refractivity contribution in [3.05, 3.63) is 34.3 Å². The van der Waals surface area contributed by atoms with E-state index in [0.29, 0.717) is 6.42 Å². The van der Waals surface area contributed by atoms with Crippen LogP contribution in [-0.2, 0) is 15.1 Å². The van der Waals surface area contributed by atoms with Gasteiger partial charge in [-0.15, -0.1) is 0 Å². The summed E-state index contributed by atoms with van der Waals surface area (Å²) in [6.07, 6.45) is 0.696. The molecule has 0 aromatic heterocycles. The Hall–Kier alpha value is -0.910. The average Bonchev–Trinajstić information content (AvgIpc) is 2.51. The van der Waals surface area contributed by atoms with E-state index in [0.717, 1.165) is 36.2 Å². The van der Waals surface area contributed by atoms with Crippen LogP contribution in [0.5, 0.6) is 0 Å². The molecule has 1 heterocycles. The molecule has 1 aliphatic rings. The molecule has 1 fully saturated rings. The number of nitrogens with one attached hydrogen (secondary N) is 1. The standard InChI is InChI=1S/C15H21BrN2O2/c1-3-15(14(19)20-2,18-10-8-17-9-11-18)12-4-6-13(16)7-5-12/h4-7,17H,3,8-11H2,1-2H3. The van der Waals surface area contributed by atoms with Gasteiger partial charge in [-0.25, -0.2) is 4.79 Å². The van der Waals surface area contributed by atoms with E-state index >= 15 is 0 Å². The van der Waals surface area contributed by atoms with Crippen molar-refractivity contribution in [3.63, 3.8) is 0 Å². The lowest BCUT2D eigenvalue weighted by Gasteiger charge is -2.43. The molecule has 1 aromatic rings. The highest BCUT2D eigenvalue weighted by Crippen LogP contribution is 2.34. The Morgan fingerprint density at radius 1 is 1.35 bits per heavy atom. The minimum absolute atomic E-state index is 0.177. The maximum atomic E-state index is 12.6. The molecule has 0 bridgehead atoms. The predicted molar refractivity (Wildman–Crippen MR) is 82.6 cm³/mol. The maximum absolute atomic E-state index is 12.6. The second-order valence-electron chi connectivity index (χ2n) is 4.95. The van der Waals surface area contributed by atoms with Crippen LogP contribution < -0.4 is 5.32 Å².